The van der Waals surface area contributed by atoms with E-state index in [1.165, 1.54) is 15.6 Å². The number of aromatic nitrogens is 4. The third kappa shape index (κ3) is 5.12. The molecule has 2 unspecified atom stereocenters. The number of ether oxygens (including phenoxy) is 1. The van der Waals surface area contributed by atoms with Crippen molar-refractivity contribution in [2.24, 2.45) is 0 Å². The molecular formula is C28H31ClN6O3. The topological polar surface area (TPSA) is 88.7 Å². The third-order valence-electron chi connectivity index (χ3n) is 7.04. The number of rotatable bonds is 8. The molecule has 0 saturated carbocycles. The summed E-state index contributed by atoms with van der Waals surface area (Å²) in [5, 5.41) is 15.9. The summed E-state index contributed by atoms with van der Waals surface area (Å²) >= 11 is 5.98. The maximum Gasteiger partial charge on any atom is 0.350 e. The lowest BCUT2D eigenvalue weighted by Crippen LogP contribution is -2.46. The van der Waals surface area contributed by atoms with Crippen LogP contribution in [0.5, 0.6) is 5.75 Å². The molecule has 1 aliphatic rings. The van der Waals surface area contributed by atoms with Crippen LogP contribution in [0.25, 0.3) is 5.69 Å². The van der Waals surface area contributed by atoms with Crippen molar-refractivity contribution in [1.29, 1.82) is 0 Å². The van der Waals surface area contributed by atoms with Gasteiger partial charge in [-0.05, 0) is 48.4 Å². The number of para-hydroxylation sites is 2. The van der Waals surface area contributed by atoms with Gasteiger partial charge in [-0.2, -0.15) is 5.10 Å². The Bertz CT molecular complexity index is 1410. The highest BCUT2D eigenvalue weighted by atomic mass is 35.5. The molecule has 198 valence electrons. The molecule has 1 N–H and O–H groups in total. The second-order valence-electron chi connectivity index (χ2n) is 9.22. The number of anilines is 2. The zero-order valence-electron chi connectivity index (χ0n) is 21.4. The minimum absolute atomic E-state index is 0.329. The number of hydrogen-bond donors (Lipinski definition) is 1. The van der Waals surface area contributed by atoms with Crippen molar-refractivity contribution in [2.45, 2.75) is 25.5 Å². The molecule has 38 heavy (non-hydrogen) atoms. The fourth-order valence-corrected chi connectivity index (χ4v) is 5.03. The zero-order chi connectivity index (χ0) is 26.6. The van der Waals surface area contributed by atoms with Gasteiger partial charge in [-0.3, -0.25) is 0 Å². The number of aliphatic hydroxyl groups is 1. The molecule has 0 amide bonds. The number of methoxy groups -OCH3 is 1. The summed E-state index contributed by atoms with van der Waals surface area (Å²) in [7, 11) is 1.69. The van der Waals surface area contributed by atoms with Crippen LogP contribution >= 0.6 is 11.6 Å². The Balaban J connectivity index is 1.28. The fraction of sp³-hybridized carbons (Fsp3) is 0.321. The summed E-state index contributed by atoms with van der Waals surface area (Å²) in [6, 6.07) is 18.3. The van der Waals surface area contributed by atoms with Crippen LogP contribution in [-0.4, -0.2) is 57.7 Å². The van der Waals surface area contributed by atoms with Gasteiger partial charge in [0, 0.05) is 31.2 Å². The largest absolute Gasteiger partial charge is 0.495 e. The first-order valence-electron chi connectivity index (χ1n) is 12.7. The number of pyridine rings is 1. The highest BCUT2D eigenvalue weighted by Gasteiger charge is 2.25. The van der Waals surface area contributed by atoms with Crippen LogP contribution in [0.3, 0.4) is 0 Å². The molecule has 5 rings (SSSR count). The minimum Gasteiger partial charge on any atom is -0.495 e. The predicted molar refractivity (Wildman–Crippen MR) is 149 cm³/mol. The maximum atomic E-state index is 13.2. The molecule has 0 spiro atoms. The smallest absolute Gasteiger partial charge is 0.350 e. The van der Waals surface area contributed by atoms with Crippen molar-refractivity contribution in [3.8, 4) is 11.4 Å². The number of hydrogen-bond acceptors (Lipinski definition) is 7. The number of benzene rings is 2. The van der Waals surface area contributed by atoms with Gasteiger partial charge in [0.25, 0.3) is 0 Å². The first-order chi connectivity index (χ1) is 18.5. The third-order valence-corrected chi connectivity index (χ3v) is 7.29. The number of aliphatic hydroxyl groups excluding tert-OH is 1. The van der Waals surface area contributed by atoms with Gasteiger partial charge in [-0.1, -0.05) is 42.8 Å². The van der Waals surface area contributed by atoms with Crippen LogP contribution in [0.1, 0.15) is 31.1 Å². The Morgan fingerprint density at radius 3 is 2.37 bits per heavy atom. The van der Waals surface area contributed by atoms with Crippen molar-refractivity contribution in [2.75, 3.05) is 43.1 Å². The van der Waals surface area contributed by atoms with Gasteiger partial charge < -0.3 is 19.6 Å². The normalized spacial score (nSPS) is 15.4. The van der Waals surface area contributed by atoms with E-state index in [1.807, 2.05) is 37.3 Å². The molecule has 1 fully saturated rings. The second-order valence-corrected chi connectivity index (χ2v) is 9.66. The van der Waals surface area contributed by atoms with Crippen molar-refractivity contribution < 1.29 is 9.84 Å². The summed E-state index contributed by atoms with van der Waals surface area (Å²) in [5.41, 5.74) is 2.07. The van der Waals surface area contributed by atoms with Crippen molar-refractivity contribution in [1.82, 2.24) is 19.3 Å². The Morgan fingerprint density at radius 1 is 1.00 bits per heavy atom. The predicted octanol–water partition coefficient (Wildman–Crippen LogP) is 4.10. The lowest BCUT2D eigenvalue weighted by atomic mass is 10.0. The van der Waals surface area contributed by atoms with Gasteiger partial charge >= 0.3 is 5.69 Å². The van der Waals surface area contributed by atoms with Crippen LogP contribution < -0.4 is 20.2 Å². The van der Waals surface area contributed by atoms with Gasteiger partial charge in [0.15, 0.2) is 0 Å². The monoisotopic (exact) mass is 534 g/mol. The molecule has 2 aromatic heterocycles. The highest BCUT2D eigenvalue weighted by molar-refractivity contribution is 6.30. The van der Waals surface area contributed by atoms with E-state index in [0.29, 0.717) is 22.7 Å². The molecule has 2 atom stereocenters. The molecule has 1 saturated heterocycles. The summed E-state index contributed by atoms with van der Waals surface area (Å²) < 4.78 is 8.31. The van der Waals surface area contributed by atoms with Crippen LogP contribution in [0.2, 0.25) is 5.02 Å². The summed E-state index contributed by atoms with van der Waals surface area (Å²) in [6.45, 7) is 5.26. The number of piperazine rings is 1. The summed E-state index contributed by atoms with van der Waals surface area (Å²) in [5.74, 6) is 1.74. The van der Waals surface area contributed by atoms with E-state index in [9.17, 15) is 9.90 Å². The first-order valence-corrected chi connectivity index (χ1v) is 13.1. The fourth-order valence-electron chi connectivity index (χ4n) is 4.91. The van der Waals surface area contributed by atoms with Gasteiger partial charge in [0.2, 0.25) is 0 Å². The van der Waals surface area contributed by atoms with E-state index in [2.05, 4.69) is 25.9 Å². The van der Waals surface area contributed by atoms with E-state index in [-0.39, 0.29) is 5.69 Å². The van der Waals surface area contributed by atoms with Crippen LogP contribution in [0, 0.1) is 0 Å². The lowest BCUT2D eigenvalue weighted by molar-refractivity contribution is 0.101. The van der Waals surface area contributed by atoms with Gasteiger partial charge in [-0.25, -0.2) is 19.0 Å². The molecular weight excluding hydrogens is 504 g/mol. The van der Waals surface area contributed by atoms with Gasteiger partial charge in [-0.15, -0.1) is 0 Å². The van der Waals surface area contributed by atoms with E-state index < -0.39 is 12.1 Å². The maximum absolute atomic E-state index is 13.2. The first kappa shape index (κ1) is 25.8. The minimum atomic E-state index is -0.895. The standard InChI is InChI=1S/C28H31ClN6O3/c1-3-23(27(36)20-8-10-21(29)11-9-20)35-28(37)34(19-31-35)22-12-13-26(30-18-22)33-16-14-32(15-17-33)24-6-4-5-7-25(24)38-2/h4-13,18-19,23,27,36H,3,14-17H2,1-2H3. The second kappa shape index (κ2) is 11.3. The molecule has 3 heterocycles. The SMILES string of the molecule is CCC(C(O)c1ccc(Cl)cc1)n1ncn(-c2ccc(N3CCN(c4ccccc4OC)CC3)nc2)c1=O. The molecule has 10 heteroatoms. The van der Waals surface area contributed by atoms with Crippen LogP contribution in [0.15, 0.2) is 78.0 Å². The van der Waals surface area contributed by atoms with Gasteiger partial charge in [0.1, 0.15) is 24.0 Å². The molecule has 0 bridgehead atoms. The average molecular weight is 535 g/mol. The quantitative estimate of drug-likeness (QED) is 0.364. The van der Waals surface area contributed by atoms with Crippen molar-refractivity contribution in [3.05, 3.63) is 94.3 Å². The Hall–Kier alpha value is -3.82. The average Bonchev–Trinajstić information content (AvgIpc) is 3.34. The van der Waals surface area contributed by atoms with Crippen LogP contribution in [-0.2, 0) is 0 Å². The number of halogens is 1. The lowest BCUT2D eigenvalue weighted by Gasteiger charge is -2.37. The molecule has 9 nitrogen and oxygen atoms in total. The Kier molecular flexibility index (Phi) is 7.67. The highest BCUT2D eigenvalue weighted by Crippen LogP contribution is 2.30. The Labute approximate surface area is 226 Å². The summed E-state index contributed by atoms with van der Waals surface area (Å²) in [6.07, 6.45) is 2.79. The van der Waals surface area contributed by atoms with E-state index in [1.54, 1.807) is 37.6 Å². The number of nitrogens with zero attached hydrogens (tertiary/aromatic N) is 6. The summed E-state index contributed by atoms with van der Waals surface area (Å²) in [4.78, 5) is 22.4. The van der Waals surface area contributed by atoms with Crippen LogP contribution in [0.4, 0.5) is 11.5 Å². The zero-order valence-corrected chi connectivity index (χ0v) is 22.2. The molecule has 0 aliphatic carbocycles. The van der Waals surface area contributed by atoms with Gasteiger partial charge in [0.05, 0.1) is 30.7 Å². The van der Waals surface area contributed by atoms with Crippen molar-refractivity contribution >= 4 is 23.1 Å². The molecule has 1 aliphatic heterocycles. The van der Waals surface area contributed by atoms with E-state index in [0.717, 1.165) is 43.4 Å². The van der Waals surface area contributed by atoms with Crippen molar-refractivity contribution in [3.63, 3.8) is 0 Å². The van der Waals surface area contributed by atoms with E-state index >= 15 is 0 Å². The molecule has 4 aromatic rings. The molecule has 0 radical (unpaired) electrons. The molecule has 2 aromatic carbocycles. The Morgan fingerprint density at radius 2 is 1.71 bits per heavy atom. The van der Waals surface area contributed by atoms with E-state index in [4.69, 9.17) is 16.3 Å².